The Balaban J connectivity index is 1.83. The lowest BCUT2D eigenvalue weighted by Crippen LogP contribution is -2.62. The molecule has 0 unspecified atom stereocenters. The van der Waals surface area contributed by atoms with Crippen LogP contribution in [0.1, 0.15) is 59.8 Å². The Morgan fingerprint density at radius 1 is 1.12 bits per heavy atom. The summed E-state index contributed by atoms with van der Waals surface area (Å²) in [5, 5.41) is 0. The first-order valence-electron chi connectivity index (χ1n) is 11.7. The van der Waals surface area contributed by atoms with Crippen LogP contribution in [0.3, 0.4) is 0 Å². The Morgan fingerprint density at radius 3 is 2.44 bits per heavy atom. The first-order valence-corrected chi connectivity index (χ1v) is 11.7. The molecule has 0 aromatic rings. The molecule has 8 nitrogen and oxygen atoms in total. The zero-order valence-corrected chi connectivity index (χ0v) is 20.0. The molecule has 4 aliphatic carbocycles. The van der Waals surface area contributed by atoms with Crippen LogP contribution < -0.4 is 0 Å². The maximum atomic E-state index is 13.8. The molecule has 4 rings (SSSR count). The number of Topliss-reactive ketones (excluding diaryl/α,β-unsaturated/α-hetero) is 2. The van der Waals surface area contributed by atoms with Gasteiger partial charge in [0.15, 0.2) is 18.0 Å². The van der Waals surface area contributed by atoms with E-state index in [1.165, 1.54) is 19.9 Å². The largest absolute Gasteiger partial charge is 0.458 e. The smallest absolute Gasteiger partial charge is 0.303 e. The van der Waals surface area contributed by atoms with Crippen molar-refractivity contribution in [3.8, 4) is 0 Å². The fourth-order valence-electron chi connectivity index (χ4n) is 7.33. The quantitative estimate of drug-likeness (QED) is 0.444. The minimum absolute atomic E-state index is 0.0129. The molecular formula is C26H30O8. The van der Waals surface area contributed by atoms with E-state index in [-0.39, 0.29) is 36.2 Å². The van der Waals surface area contributed by atoms with Crippen LogP contribution in [0.4, 0.5) is 0 Å². The summed E-state index contributed by atoms with van der Waals surface area (Å²) in [6, 6.07) is 0. The van der Waals surface area contributed by atoms with Crippen LogP contribution >= 0.6 is 0 Å². The van der Waals surface area contributed by atoms with Gasteiger partial charge in [-0.3, -0.25) is 28.8 Å². The van der Waals surface area contributed by atoms with Crippen LogP contribution in [-0.4, -0.2) is 47.8 Å². The van der Waals surface area contributed by atoms with Gasteiger partial charge in [0.1, 0.15) is 12.1 Å². The minimum Gasteiger partial charge on any atom is -0.458 e. The van der Waals surface area contributed by atoms with Crippen LogP contribution in [0.2, 0.25) is 0 Å². The van der Waals surface area contributed by atoms with Gasteiger partial charge in [-0.15, -0.1) is 0 Å². The van der Waals surface area contributed by atoms with Crippen molar-refractivity contribution in [3.05, 3.63) is 23.3 Å². The molecule has 2 saturated carbocycles. The summed E-state index contributed by atoms with van der Waals surface area (Å²) >= 11 is 0. The number of ketones is 3. The van der Waals surface area contributed by atoms with Gasteiger partial charge < -0.3 is 9.47 Å². The number of esters is 2. The number of allylic oxidation sites excluding steroid dienone is 4. The van der Waals surface area contributed by atoms with Gasteiger partial charge in [0, 0.05) is 49.0 Å². The minimum atomic E-state index is -1.60. The molecule has 6 atom stereocenters. The van der Waals surface area contributed by atoms with E-state index in [9.17, 15) is 28.8 Å². The van der Waals surface area contributed by atoms with Crippen molar-refractivity contribution in [1.82, 2.24) is 0 Å². The fraction of sp³-hybridized carbons (Fsp3) is 0.615. The number of carbonyl (C=O) groups excluding carboxylic acids is 6. The standard InChI is InChI=1S/C26H30O8/c1-14(28)33-13-22(32)26(34-15(2)29)8-6-19-18-9-16(12-27)20-10-17(30)5-7-24(20,3)23(18)21(31)11-25(19,26)4/h9-10,12,18-19,23H,5-8,11,13H2,1-4H3/t18-,19-,23+,24-,25-,26-/m0/s1. The van der Waals surface area contributed by atoms with Gasteiger partial charge in [-0.25, -0.2) is 0 Å². The molecule has 0 aromatic carbocycles. The number of carbonyl (C=O) groups is 6. The van der Waals surface area contributed by atoms with E-state index in [4.69, 9.17) is 9.47 Å². The van der Waals surface area contributed by atoms with Gasteiger partial charge in [0.25, 0.3) is 0 Å². The number of fused-ring (bicyclic) bond motifs is 5. The molecule has 0 saturated heterocycles. The van der Waals surface area contributed by atoms with Crippen LogP contribution in [0, 0.1) is 28.6 Å². The Kier molecular flexibility index (Phi) is 5.77. The molecule has 0 aliphatic heterocycles. The van der Waals surface area contributed by atoms with E-state index >= 15 is 0 Å². The lowest BCUT2D eigenvalue weighted by Gasteiger charge is -2.56. The Bertz CT molecular complexity index is 1070. The van der Waals surface area contributed by atoms with Crippen molar-refractivity contribution in [3.63, 3.8) is 0 Å². The van der Waals surface area contributed by atoms with Gasteiger partial charge in [-0.05, 0) is 42.7 Å². The molecule has 0 heterocycles. The zero-order chi connectivity index (χ0) is 25.1. The number of aldehydes is 1. The van der Waals surface area contributed by atoms with Crippen LogP contribution in [0.15, 0.2) is 23.3 Å². The van der Waals surface area contributed by atoms with Crippen molar-refractivity contribution in [2.24, 2.45) is 28.6 Å². The third-order valence-corrected chi connectivity index (χ3v) is 8.77. The summed E-state index contributed by atoms with van der Waals surface area (Å²) in [6.45, 7) is 5.59. The average molecular weight is 471 g/mol. The van der Waals surface area contributed by atoms with Crippen LogP contribution in [0.25, 0.3) is 0 Å². The van der Waals surface area contributed by atoms with Gasteiger partial charge in [-0.1, -0.05) is 19.9 Å². The summed E-state index contributed by atoms with van der Waals surface area (Å²) in [6.07, 6.45) is 5.51. The van der Waals surface area contributed by atoms with Crippen molar-refractivity contribution in [1.29, 1.82) is 0 Å². The molecule has 0 amide bonds. The molecule has 8 heteroatoms. The average Bonchev–Trinajstić information content (AvgIpc) is 3.03. The molecule has 34 heavy (non-hydrogen) atoms. The highest BCUT2D eigenvalue weighted by atomic mass is 16.6. The van der Waals surface area contributed by atoms with E-state index in [0.29, 0.717) is 30.4 Å². The number of hydrogen-bond acceptors (Lipinski definition) is 8. The van der Waals surface area contributed by atoms with Gasteiger partial charge in [0.05, 0.1) is 0 Å². The van der Waals surface area contributed by atoms with E-state index in [2.05, 4.69) is 0 Å². The van der Waals surface area contributed by atoms with Crippen molar-refractivity contribution in [2.75, 3.05) is 6.61 Å². The summed E-state index contributed by atoms with van der Waals surface area (Å²) in [5.41, 5.74) is -2.26. The third kappa shape index (κ3) is 3.33. The van der Waals surface area contributed by atoms with Crippen molar-refractivity contribution in [2.45, 2.75) is 65.4 Å². The molecule has 0 aromatic heterocycles. The van der Waals surface area contributed by atoms with E-state index in [1.807, 2.05) is 6.92 Å². The molecular weight excluding hydrogens is 440 g/mol. The van der Waals surface area contributed by atoms with E-state index < -0.39 is 46.7 Å². The zero-order valence-electron chi connectivity index (χ0n) is 20.0. The highest BCUT2D eigenvalue weighted by Crippen LogP contribution is 2.66. The van der Waals surface area contributed by atoms with E-state index in [1.54, 1.807) is 13.0 Å². The van der Waals surface area contributed by atoms with Crippen LogP contribution in [0.5, 0.6) is 0 Å². The summed E-state index contributed by atoms with van der Waals surface area (Å²) < 4.78 is 10.7. The lowest BCUT2D eigenvalue weighted by molar-refractivity contribution is -0.189. The molecule has 0 bridgehead atoms. The third-order valence-electron chi connectivity index (χ3n) is 8.77. The first kappa shape index (κ1) is 24.2. The molecule has 0 N–H and O–H groups in total. The summed E-state index contributed by atoms with van der Waals surface area (Å²) in [7, 11) is 0. The predicted molar refractivity (Wildman–Crippen MR) is 118 cm³/mol. The predicted octanol–water partition coefficient (Wildman–Crippen LogP) is 2.48. The molecule has 4 aliphatic rings. The number of ether oxygens (including phenoxy) is 2. The normalized spacial score (nSPS) is 38.5. The topological polar surface area (TPSA) is 121 Å². The van der Waals surface area contributed by atoms with Crippen molar-refractivity contribution < 1.29 is 38.2 Å². The second-order valence-corrected chi connectivity index (χ2v) is 10.6. The fourth-order valence-corrected chi connectivity index (χ4v) is 7.33. The maximum Gasteiger partial charge on any atom is 0.303 e. The number of hydrogen-bond donors (Lipinski definition) is 0. The highest BCUT2D eigenvalue weighted by Gasteiger charge is 2.70. The van der Waals surface area contributed by atoms with Crippen molar-refractivity contribution >= 4 is 35.6 Å². The van der Waals surface area contributed by atoms with Crippen LogP contribution in [-0.2, 0) is 38.2 Å². The number of rotatable bonds is 5. The van der Waals surface area contributed by atoms with Gasteiger partial charge in [0.2, 0.25) is 5.78 Å². The molecule has 182 valence electrons. The lowest BCUT2D eigenvalue weighted by atomic mass is 9.46. The Hall–Kier alpha value is -2.90. The molecule has 2 fully saturated rings. The summed E-state index contributed by atoms with van der Waals surface area (Å²) in [4.78, 5) is 74.9. The SMILES string of the molecule is CC(=O)OCC(=O)[C@@]1(OC(C)=O)CC[C@H]2[C@@H]3C=C(C=O)C4=CC(=O)CC[C@]4(C)[C@H]3C(=O)C[C@@]21C. The molecule has 0 radical (unpaired) electrons. The first-order chi connectivity index (χ1) is 15.9. The van der Waals surface area contributed by atoms with Gasteiger partial charge >= 0.3 is 11.9 Å². The summed E-state index contributed by atoms with van der Waals surface area (Å²) in [5.74, 6) is -2.96. The van der Waals surface area contributed by atoms with Gasteiger partial charge in [-0.2, -0.15) is 0 Å². The van der Waals surface area contributed by atoms with E-state index in [0.717, 1.165) is 6.29 Å². The Labute approximate surface area is 198 Å². The second kappa shape index (κ2) is 8.10. The maximum absolute atomic E-state index is 13.8. The molecule has 0 spiro atoms. The Morgan fingerprint density at radius 2 is 1.82 bits per heavy atom. The highest BCUT2D eigenvalue weighted by molar-refractivity contribution is 5.99. The second-order valence-electron chi connectivity index (χ2n) is 10.6. The monoisotopic (exact) mass is 470 g/mol.